The minimum Gasteiger partial charge on any atom is -0.382 e. The molecule has 9 nitrogen and oxygen atoms in total. The molecule has 0 unspecified atom stereocenters. The van der Waals surface area contributed by atoms with Crippen LogP contribution in [0, 0.1) is 0 Å². The van der Waals surface area contributed by atoms with Crippen LogP contribution in [0.4, 0.5) is 0 Å². The van der Waals surface area contributed by atoms with E-state index in [0.717, 1.165) is 0 Å². The maximum atomic E-state index is 12.3. The maximum Gasteiger partial charge on any atom is 0.308 e. The number of hydrogen-bond acceptors (Lipinski definition) is 9. The van der Waals surface area contributed by atoms with Crippen molar-refractivity contribution in [1.29, 1.82) is 0 Å². The average Bonchev–Trinajstić information content (AvgIpc) is 2.80. The summed E-state index contributed by atoms with van der Waals surface area (Å²) in [6.07, 6.45) is 5.37. The molecule has 0 aliphatic heterocycles. The van der Waals surface area contributed by atoms with Gasteiger partial charge in [0.05, 0.1) is 17.3 Å². The molecule has 0 aliphatic carbocycles. The van der Waals surface area contributed by atoms with Crippen LogP contribution >= 0.6 is 0 Å². The smallest absolute Gasteiger partial charge is 0.308 e. The molecule has 0 heterocycles. The van der Waals surface area contributed by atoms with Gasteiger partial charge in [-0.15, -0.1) is 0 Å². The Morgan fingerprint density at radius 3 is 1.86 bits per heavy atom. The van der Waals surface area contributed by atoms with Crippen molar-refractivity contribution in [2.45, 2.75) is 26.5 Å². The van der Waals surface area contributed by atoms with Gasteiger partial charge in [0.1, 0.15) is 11.5 Å². The summed E-state index contributed by atoms with van der Waals surface area (Å²) in [7, 11) is -10.9. The number of rotatable bonds is 13. The molecule has 0 bridgehead atoms. The molecule has 0 saturated carbocycles. The summed E-state index contributed by atoms with van der Waals surface area (Å²) in [5, 5.41) is 0. The van der Waals surface area contributed by atoms with Crippen molar-refractivity contribution in [2.24, 2.45) is 0 Å². The molecule has 0 spiro atoms. The molecule has 0 N–H and O–H groups in total. The summed E-state index contributed by atoms with van der Waals surface area (Å²) >= 11 is 0. The van der Waals surface area contributed by atoms with E-state index in [9.17, 15) is 30.0 Å². The van der Waals surface area contributed by atoms with Gasteiger partial charge in [0.25, 0.3) is 0 Å². The number of ketones is 1. The molecule has 0 aromatic heterocycles. The number of carbonyl (C=O) groups excluding carboxylic acids is 1. The Balaban J connectivity index is 2.26. The molecule has 2 rings (SSSR count). The van der Waals surface area contributed by atoms with E-state index in [2.05, 4.69) is 0 Å². The van der Waals surface area contributed by atoms with Gasteiger partial charge in [0, 0.05) is 5.75 Å². The molecule has 0 fully saturated rings. The molecule has 0 saturated heterocycles. The lowest BCUT2D eigenvalue weighted by Gasteiger charge is -2.09. The summed E-state index contributed by atoms with van der Waals surface area (Å²) in [6, 6.07) is 10.5. The van der Waals surface area contributed by atoms with E-state index >= 15 is 0 Å². The van der Waals surface area contributed by atoms with Crippen molar-refractivity contribution in [1.82, 2.24) is 0 Å². The first-order chi connectivity index (χ1) is 16.8. The van der Waals surface area contributed by atoms with Crippen molar-refractivity contribution in [2.75, 3.05) is 17.3 Å². The van der Waals surface area contributed by atoms with Gasteiger partial charge in [-0.3, -0.25) is 4.79 Å². The monoisotopic (exact) mass is 556 g/mol. The van der Waals surface area contributed by atoms with Gasteiger partial charge < -0.3 is 8.37 Å². The summed E-state index contributed by atoms with van der Waals surface area (Å²) in [5.41, 5.74) is 1.23. The van der Waals surface area contributed by atoms with E-state index in [1.165, 1.54) is 75.4 Å². The number of sulfone groups is 1. The fourth-order valence-corrected chi connectivity index (χ4v) is 4.66. The average molecular weight is 557 g/mol. The highest BCUT2D eigenvalue weighted by Crippen LogP contribution is 2.22. The van der Waals surface area contributed by atoms with Gasteiger partial charge in [0.15, 0.2) is 15.6 Å². The highest BCUT2D eigenvalue weighted by Gasteiger charge is 2.14. The van der Waals surface area contributed by atoms with Crippen LogP contribution in [-0.4, -0.2) is 48.3 Å². The second-order valence-electron chi connectivity index (χ2n) is 7.59. The van der Waals surface area contributed by atoms with Crippen LogP contribution in [0.2, 0.25) is 0 Å². The van der Waals surface area contributed by atoms with Gasteiger partial charge in [0.2, 0.25) is 0 Å². The van der Waals surface area contributed by atoms with Crippen molar-refractivity contribution >= 4 is 48.0 Å². The molecule has 0 radical (unpaired) electrons. The van der Waals surface area contributed by atoms with E-state index < -0.39 is 35.9 Å². The zero-order valence-corrected chi connectivity index (χ0v) is 22.5. The van der Waals surface area contributed by atoms with Crippen LogP contribution in [-0.2, 0) is 40.6 Å². The van der Waals surface area contributed by atoms with Crippen LogP contribution in [0.3, 0.4) is 0 Å². The molecule has 0 atom stereocenters. The SMILES string of the molecule is CCS(=O)(=O)Cc1cc(C=CC(=O)C=Cc2cccc(OS(=O)(=O)CC)c2)cc(OS(=O)(=O)CC)c1. The molecule has 196 valence electrons. The van der Waals surface area contributed by atoms with Gasteiger partial charge in [-0.1, -0.05) is 37.3 Å². The zero-order valence-electron chi connectivity index (χ0n) is 20.1. The highest BCUT2D eigenvalue weighted by molar-refractivity contribution is 7.90. The minimum absolute atomic E-state index is 0.0536. The van der Waals surface area contributed by atoms with Crippen LogP contribution in [0.25, 0.3) is 12.2 Å². The summed E-state index contributed by atoms with van der Waals surface area (Å²) in [6.45, 7) is 4.38. The Hall–Kier alpha value is -2.96. The zero-order chi connectivity index (χ0) is 27.0. The van der Waals surface area contributed by atoms with E-state index in [1.807, 2.05) is 0 Å². The van der Waals surface area contributed by atoms with Crippen LogP contribution in [0.5, 0.6) is 11.5 Å². The third kappa shape index (κ3) is 9.96. The van der Waals surface area contributed by atoms with Crippen LogP contribution < -0.4 is 8.37 Å². The molecule has 12 heteroatoms. The molecule has 2 aromatic carbocycles. The Morgan fingerprint density at radius 2 is 1.28 bits per heavy atom. The molecule has 0 aliphatic rings. The minimum atomic E-state index is -3.84. The number of carbonyl (C=O) groups is 1. The molecular weight excluding hydrogens is 528 g/mol. The largest absolute Gasteiger partial charge is 0.382 e. The highest BCUT2D eigenvalue weighted by atomic mass is 32.2. The number of benzene rings is 2. The fraction of sp³-hybridized carbons (Fsp3) is 0.292. The topological polar surface area (TPSA) is 138 Å². The first-order valence-corrected chi connectivity index (χ1v) is 15.9. The normalized spacial score (nSPS) is 12.8. The Morgan fingerprint density at radius 1 is 0.722 bits per heavy atom. The van der Waals surface area contributed by atoms with E-state index in [-0.39, 0.29) is 34.5 Å². The lowest BCUT2D eigenvalue weighted by Crippen LogP contribution is -2.12. The van der Waals surface area contributed by atoms with Crippen molar-refractivity contribution in [3.63, 3.8) is 0 Å². The molecule has 2 aromatic rings. The lowest BCUT2D eigenvalue weighted by atomic mass is 10.1. The van der Waals surface area contributed by atoms with Crippen LogP contribution in [0.15, 0.2) is 54.6 Å². The Kier molecular flexibility index (Phi) is 10.0. The number of hydrogen-bond donors (Lipinski definition) is 0. The third-order valence-corrected chi connectivity index (χ3v) is 8.67. The van der Waals surface area contributed by atoms with Crippen LogP contribution in [0.1, 0.15) is 37.5 Å². The van der Waals surface area contributed by atoms with Gasteiger partial charge in [-0.25, -0.2) is 8.42 Å². The Labute approximate surface area is 212 Å². The van der Waals surface area contributed by atoms with Gasteiger partial charge in [-0.2, -0.15) is 16.8 Å². The summed E-state index contributed by atoms with van der Waals surface area (Å²) in [4.78, 5) is 12.3. The van der Waals surface area contributed by atoms with Crippen molar-refractivity contribution in [3.8, 4) is 11.5 Å². The first kappa shape index (κ1) is 29.3. The van der Waals surface area contributed by atoms with Gasteiger partial charge >= 0.3 is 20.2 Å². The predicted octanol–water partition coefficient (Wildman–Crippen LogP) is 3.37. The second kappa shape index (κ2) is 12.3. The van der Waals surface area contributed by atoms with E-state index in [4.69, 9.17) is 8.37 Å². The number of allylic oxidation sites excluding steroid dienone is 2. The van der Waals surface area contributed by atoms with Gasteiger partial charge in [-0.05, 0) is 67.0 Å². The fourth-order valence-electron chi connectivity index (χ4n) is 2.76. The molecular formula is C24H28O9S3. The molecule has 0 amide bonds. The quantitative estimate of drug-likeness (QED) is 0.268. The standard InChI is InChI=1S/C24H28O9S3/c1-4-34(26,27)18-21-14-20(16-24(17-21)33-36(30,31)6-3)11-13-22(25)12-10-19-8-7-9-23(15-19)32-35(28,29)5-2/h7-17H,4-6,18H2,1-3H3. The molecule has 36 heavy (non-hydrogen) atoms. The van der Waals surface area contributed by atoms with E-state index in [0.29, 0.717) is 16.7 Å². The lowest BCUT2D eigenvalue weighted by molar-refractivity contribution is -0.110. The van der Waals surface area contributed by atoms with E-state index in [1.54, 1.807) is 12.1 Å². The van der Waals surface area contributed by atoms with Crippen molar-refractivity contribution in [3.05, 3.63) is 71.3 Å². The summed E-state index contributed by atoms with van der Waals surface area (Å²) < 4.78 is 81.1. The third-order valence-electron chi connectivity index (χ3n) is 4.71. The van der Waals surface area contributed by atoms with Crippen molar-refractivity contribution < 1.29 is 38.4 Å². The first-order valence-electron chi connectivity index (χ1n) is 11.0. The second-order valence-corrected chi connectivity index (χ2v) is 13.7. The maximum absolute atomic E-state index is 12.3. The Bertz CT molecular complexity index is 1410. The summed E-state index contributed by atoms with van der Waals surface area (Å²) in [5.74, 6) is -1.20. The predicted molar refractivity (Wildman–Crippen MR) is 139 cm³/mol.